The van der Waals surface area contributed by atoms with Crippen molar-refractivity contribution in [3.8, 4) is 0 Å². The molecule has 2 rings (SSSR count). The van der Waals surface area contributed by atoms with Crippen LogP contribution in [0.4, 0.5) is 4.39 Å². The van der Waals surface area contributed by atoms with Gasteiger partial charge in [0.1, 0.15) is 5.82 Å². The molecule has 0 aliphatic rings. The molecule has 2 aromatic rings. The molecule has 0 aliphatic carbocycles. The summed E-state index contributed by atoms with van der Waals surface area (Å²) in [6.07, 6.45) is 0.774. The number of rotatable bonds is 4. The summed E-state index contributed by atoms with van der Waals surface area (Å²) in [4.78, 5) is 0. The van der Waals surface area contributed by atoms with Gasteiger partial charge in [0, 0.05) is 16.1 Å². The number of likely N-dealkylation sites (N-methyl/N-ethyl adjacent to an activating group) is 1. The monoisotopic (exact) mass is 335 g/mol. The quantitative estimate of drug-likeness (QED) is 0.853. The summed E-state index contributed by atoms with van der Waals surface area (Å²) in [5, 5.41) is 3.21. The van der Waals surface area contributed by atoms with Gasteiger partial charge in [-0.15, -0.1) is 0 Å². The maximum absolute atomic E-state index is 14.1. The van der Waals surface area contributed by atoms with E-state index in [1.165, 1.54) is 22.8 Å². The van der Waals surface area contributed by atoms with Gasteiger partial charge in [-0.05, 0) is 56.1 Å². The molecule has 0 fully saturated rings. The molecule has 0 heterocycles. The van der Waals surface area contributed by atoms with E-state index in [1.54, 1.807) is 0 Å². The minimum Gasteiger partial charge on any atom is -0.313 e. The highest BCUT2D eigenvalue weighted by atomic mass is 79.9. The van der Waals surface area contributed by atoms with Crippen molar-refractivity contribution in [2.24, 2.45) is 0 Å². The molecule has 1 N–H and O–H groups in total. The molecule has 0 saturated carbocycles. The van der Waals surface area contributed by atoms with Gasteiger partial charge in [0.25, 0.3) is 0 Å². The van der Waals surface area contributed by atoms with Gasteiger partial charge in [-0.3, -0.25) is 0 Å². The van der Waals surface area contributed by atoms with E-state index in [1.807, 2.05) is 19.2 Å². The van der Waals surface area contributed by atoms with Crippen LogP contribution in [-0.2, 0) is 6.42 Å². The third kappa shape index (κ3) is 3.47. The first-order valence-corrected chi connectivity index (χ1v) is 7.49. The SMILES string of the molecule is CNC(Cc1ccc(C)c(C)c1)c1ccc(Br)cc1F. The van der Waals surface area contributed by atoms with Crippen LogP contribution in [0.2, 0.25) is 0 Å². The minimum atomic E-state index is -0.178. The number of benzene rings is 2. The zero-order valence-electron chi connectivity index (χ0n) is 12.0. The van der Waals surface area contributed by atoms with Crippen molar-refractivity contribution in [2.75, 3.05) is 7.05 Å². The summed E-state index contributed by atoms with van der Waals surface area (Å²) in [5.41, 5.74) is 4.47. The van der Waals surface area contributed by atoms with Crippen molar-refractivity contribution in [1.29, 1.82) is 0 Å². The predicted molar refractivity (Wildman–Crippen MR) is 85.5 cm³/mol. The van der Waals surface area contributed by atoms with Crippen LogP contribution >= 0.6 is 15.9 Å². The van der Waals surface area contributed by atoms with Crippen molar-refractivity contribution in [3.63, 3.8) is 0 Å². The van der Waals surface area contributed by atoms with E-state index in [0.717, 1.165) is 10.9 Å². The molecule has 3 heteroatoms. The summed E-state index contributed by atoms with van der Waals surface area (Å²) < 4.78 is 14.8. The molecule has 0 bridgehead atoms. The molecule has 20 heavy (non-hydrogen) atoms. The summed E-state index contributed by atoms with van der Waals surface area (Å²) in [6.45, 7) is 4.20. The summed E-state index contributed by atoms with van der Waals surface area (Å²) in [5.74, 6) is -0.178. The molecule has 1 unspecified atom stereocenters. The van der Waals surface area contributed by atoms with E-state index < -0.39 is 0 Å². The van der Waals surface area contributed by atoms with E-state index in [4.69, 9.17) is 0 Å². The van der Waals surface area contributed by atoms with Crippen LogP contribution in [0.25, 0.3) is 0 Å². The van der Waals surface area contributed by atoms with Crippen LogP contribution in [-0.4, -0.2) is 7.05 Å². The lowest BCUT2D eigenvalue weighted by atomic mass is 9.96. The van der Waals surface area contributed by atoms with Gasteiger partial charge in [0.2, 0.25) is 0 Å². The molecule has 1 atom stereocenters. The first kappa shape index (κ1) is 15.2. The normalized spacial score (nSPS) is 12.4. The highest BCUT2D eigenvalue weighted by molar-refractivity contribution is 9.10. The average Bonchev–Trinajstić information content (AvgIpc) is 2.41. The van der Waals surface area contributed by atoms with E-state index in [9.17, 15) is 4.39 Å². The molecule has 0 amide bonds. The zero-order chi connectivity index (χ0) is 14.7. The lowest BCUT2D eigenvalue weighted by Gasteiger charge is -2.18. The Balaban J connectivity index is 2.26. The van der Waals surface area contributed by atoms with Gasteiger partial charge in [-0.1, -0.05) is 40.2 Å². The second kappa shape index (κ2) is 6.51. The Hall–Kier alpha value is -1.19. The summed E-state index contributed by atoms with van der Waals surface area (Å²) >= 11 is 3.29. The van der Waals surface area contributed by atoms with Gasteiger partial charge in [0.05, 0.1) is 0 Å². The molecule has 0 aromatic heterocycles. The molecule has 0 aliphatic heterocycles. The predicted octanol–water partition coefficient (Wildman–Crippen LogP) is 4.71. The number of aryl methyl sites for hydroxylation is 2. The first-order chi connectivity index (χ1) is 9.51. The maximum atomic E-state index is 14.1. The third-order valence-electron chi connectivity index (χ3n) is 3.70. The Morgan fingerprint density at radius 2 is 1.85 bits per heavy atom. The Morgan fingerprint density at radius 3 is 2.45 bits per heavy atom. The lowest BCUT2D eigenvalue weighted by molar-refractivity contribution is 0.533. The van der Waals surface area contributed by atoms with Crippen LogP contribution in [0.1, 0.15) is 28.3 Å². The van der Waals surface area contributed by atoms with Crippen LogP contribution < -0.4 is 5.32 Å². The Labute approximate surface area is 128 Å². The van der Waals surface area contributed by atoms with Gasteiger partial charge in [-0.2, -0.15) is 0 Å². The van der Waals surface area contributed by atoms with Crippen LogP contribution in [0.5, 0.6) is 0 Å². The fourth-order valence-electron chi connectivity index (χ4n) is 2.32. The molecular weight excluding hydrogens is 317 g/mol. The first-order valence-electron chi connectivity index (χ1n) is 6.69. The molecular formula is C17H19BrFN. The smallest absolute Gasteiger partial charge is 0.129 e. The molecule has 0 saturated heterocycles. The van der Waals surface area contributed by atoms with Gasteiger partial charge < -0.3 is 5.32 Å². The second-order valence-corrected chi connectivity index (χ2v) is 6.05. The summed E-state index contributed by atoms with van der Waals surface area (Å²) in [7, 11) is 1.87. The average molecular weight is 336 g/mol. The number of halogens is 2. The number of nitrogens with one attached hydrogen (secondary N) is 1. The highest BCUT2D eigenvalue weighted by Gasteiger charge is 2.15. The standard InChI is InChI=1S/C17H19BrFN/c1-11-4-5-13(8-12(11)2)9-17(20-3)15-7-6-14(18)10-16(15)19/h4-8,10,17,20H,9H2,1-3H3. The van der Waals surface area contributed by atoms with Gasteiger partial charge >= 0.3 is 0 Å². The van der Waals surface area contributed by atoms with Crippen LogP contribution in [0.3, 0.4) is 0 Å². The summed E-state index contributed by atoms with van der Waals surface area (Å²) in [6, 6.07) is 11.6. The van der Waals surface area contributed by atoms with Crippen LogP contribution in [0, 0.1) is 19.7 Å². The zero-order valence-corrected chi connectivity index (χ0v) is 13.6. The Bertz CT molecular complexity index is 610. The molecule has 1 nitrogen and oxygen atoms in total. The lowest BCUT2D eigenvalue weighted by Crippen LogP contribution is -2.20. The van der Waals surface area contributed by atoms with Crippen molar-refractivity contribution in [2.45, 2.75) is 26.3 Å². The fraction of sp³-hybridized carbons (Fsp3) is 0.294. The van der Waals surface area contributed by atoms with Crippen molar-refractivity contribution < 1.29 is 4.39 Å². The van der Waals surface area contributed by atoms with Crippen molar-refractivity contribution in [3.05, 3.63) is 68.9 Å². The topological polar surface area (TPSA) is 12.0 Å². The van der Waals surface area contributed by atoms with E-state index in [-0.39, 0.29) is 11.9 Å². The minimum absolute atomic E-state index is 0.0230. The second-order valence-electron chi connectivity index (χ2n) is 5.13. The van der Waals surface area contributed by atoms with Gasteiger partial charge in [-0.25, -0.2) is 4.39 Å². The molecule has 2 aromatic carbocycles. The number of hydrogen-bond acceptors (Lipinski definition) is 1. The molecule has 0 spiro atoms. The molecule has 106 valence electrons. The van der Waals surface area contributed by atoms with E-state index in [2.05, 4.69) is 53.3 Å². The van der Waals surface area contributed by atoms with E-state index >= 15 is 0 Å². The van der Waals surface area contributed by atoms with Crippen LogP contribution in [0.15, 0.2) is 40.9 Å². The van der Waals surface area contributed by atoms with Gasteiger partial charge in [0.15, 0.2) is 0 Å². The highest BCUT2D eigenvalue weighted by Crippen LogP contribution is 2.24. The Kier molecular flexibility index (Phi) is 4.95. The maximum Gasteiger partial charge on any atom is 0.129 e. The fourth-order valence-corrected chi connectivity index (χ4v) is 2.65. The largest absolute Gasteiger partial charge is 0.313 e. The third-order valence-corrected chi connectivity index (χ3v) is 4.19. The number of hydrogen-bond donors (Lipinski definition) is 1. The Morgan fingerprint density at radius 1 is 1.10 bits per heavy atom. The molecule has 0 radical (unpaired) electrons. The van der Waals surface area contributed by atoms with Crippen molar-refractivity contribution in [1.82, 2.24) is 5.32 Å². The van der Waals surface area contributed by atoms with Crippen molar-refractivity contribution >= 4 is 15.9 Å². The van der Waals surface area contributed by atoms with E-state index in [0.29, 0.717) is 5.56 Å².